The highest BCUT2D eigenvalue weighted by Gasteiger charge is 2.17. The number of hydrogen-bond donors (Lipinski definition) is 1. The largest absolute Gasteiger partial charge is 0.454 e. The Morgan fingerprint density at radius 1 is 1.13 bits per heavy atom. The molecule has 0 fully saturated rings. The van der Waals surface area contributed by atoms with Gasteiger partial charge in [0.2, 0.25) is 6.79 Å². The second-order valence-corrected chi connectivity index (χ2v) is 7.41. The third-order valence-electron chi connectivity index (χ3n) is 5.22. The number of para-hydroxylation sites is 1. The van der Waals surface area contributed by atoms with Crippen molar-refractivity contribution >= 4 is 22.3 Å². The molecule has 0 bridgehead atoms. The van der Waals surface area contributed by atoms with E-state index in [1.54, 1.807) is 15.6 Å². The normalized spacial score (nSPS) is 13.1. The van der Waals surface area contributed by atoms with E-state index in [1.165, 1.54) is 0 Å². The molecule has 0 aliphatic carbocycles. The highest BCUT2D eigenvalue weighted by molar-refractivity contribution is 6.00. The van der Waals surface area contributed by atoms with Crippen LogP contribution in [0, 0.1) is 6.92 Å². The van der Waals surface area contributed by atoms with E-state index < -0.39 is 0 Å². The summed E-state index contributed by atoms with van der Waals surface area (Å²) < 4.78 is 14.3. The highest BCUT2D eigenvalue weighted by atomic mass is 16.7. The Hall–Kier alpha value is -4.07. The van der Waals surface area contributed by atoms with E-state index in [0.717, 1.165) is 28.0 Å². The number of aromatic nitrogens is 3. The predicted molar refractivity (Wildman–Crippen MR) is 119 cm³/mol. The Bertz CT molecular complexity index is 1390. The van der Waals surface area contributed by atoms with E-state index in [1.807, 2.05) is 69.4 Å². The molecule has 0 atom stereocenters. The Balaban J connectivity index is 1.52. The van der Waals surface area contributed by atoms with Gasteiger partial charge >= 0.3 is 0 Å². The van der Waals surface area contributed by atoms with Gasteiger partial charge in [-0.05, 0) is 38.1 Å². The lowest BCUT2D eigenvalue weighted by atomic mass is 10.1. The van der Waals surface area contributed by atoms with E-state index >= 15 is 0 Å². The lowest BCUT2D eigenvalue weighted by Gasteiger charge is -2.09. The fraction of sp³-hybridized carbons (Fsp3) is 0.174. The molecule has 0 saturated heterocycles. The maximum absolute atomic E-state index is 13.0. The van der Waals surface area contributed by atoms with Crippen LogP contribution in [0.3, 0.4) is 0 Å². The minimum absolute atomic E-state index is 0.129. The summed E-state index contributed by atoms with van der Waals surface area (Å²) in [5, 5.41) is 5.36. The van der Waals surface area contributed by atoms with Gasteiger partial charge in [0.1, 0.15) is 0 Å². The molecule has 0 saturated carbocycles. The second kappa shape index (κ2) is 7.32. The van der Waals surface area contributed by atoms with Crippen molar-refractivity contribution in [2.45, 2.75) is 13.8 Å². The van der Waals surface area contributed by atoms with Gasteiger partial charge in [-0.3, -0.25) is 19.9 Å². The lowest BCUT2D eigenvalue weighted by Crippen LogP contribution is -2.22. The monoisotopic (exact) mass is 415 g/mol. The highest BCUT2D eigenvalue weighted by Crippen LogP contribution is 2.38. The topological polar surface area (TPSA) is 82.7 Å². The van der Waals surface area contributed by atoms with Crippen LogP contribution in [0.1, 0.15) is 18.2 Å². The van der Waals surface area contributed by atoms with Gasteiger partial charge in [0.25, 0.3) is 5.56 Å². The van der Waals surface area contributed by atoms with Crippen molar-refractivity contribution in [3.63, 3.8) is 0 Å². The minimum atomic E-state index is -0.129. The van der Waals surface area contributed by atoms with Crippen molar-refractivity contribution in [3.05, 3.63) is 76.3 Å². The molecule has 156 valence electrons. The molecule has 2 aromatic heterocycles. The van der Waals surface area contributed by atoms with Crippen LogP contribution in [0.2, 0.25) is 0 Å². The number of hydrazone groups is 1. The summed E-state index contributed by atoms with van der Waals surface area (Å²) in [7, 11) is 1.83. The number of aryl methyl sites for hydroxylation is 2. The Morgan fingerprint density at radius 3 is 2.65 bits per heavy atom. The van der Waals surface area contributed by atoms with Crippen molar-refractivity contribution in [2.24, 2.45) is 12.1 Å². The van der Waals surface area contributed by atoms with E-state index in [-0.39, 0.29) is 12.4 Å². The van der Waals surface area contributed by atoms with E-state index in [4.69, 9.17) is 9.47 Å². The molecule has 1 N–H and O–H groups in total. The number of rotatable bonds is 4. The van der Waals surface area contributed by atoms with Crippen molar-refractivity contribution in [1.82, 2.24) is 14.3 Å². The third kappa shape index (κ3) is 3.31. The van der Waals surface area contributed by atoms with Crippen LogP contribution >= 0.6 is 0 Å². The molecule has 0 radical (unpaired) electrons. The molecule has 31 heavy (non-hydrogen) atoms. The summed E-state index contributed by atoms with van der Waals surface area (Å²) in [6.07, 6.45) is 1.78. The molecule has 0 unspecified atom stereocenters. The standard InChI is InChI=1S/C23H21N5O3/c1-14-9-20(17-10-21-22(31-13-30-21)11-19(17)24-14)26-25-15(2)18-12-27(3)28(23(18)29)16-7-5-4-6-8-16/h4-12H,13H2,1-3H3,(H,24,26). The van der Waals surface area contributed by atoms with Gasteiger partial charge in [-0.15, -0.1) is 0 Å². The predicted octanol–water partition coefficient (Wildman–Crippen LogP) is 3.60. The molecular formula is C23H21N5O3. The van der Waals surface area contributed by atoms with Gasteiger partial charge in [0, 0.05) is 30.4 Å². The molecule has 8 nitrogen and oxygen atoms in total. The van der Waals surface area contributed by atoms with E-state index in [2.05, 4.69) is 15.5 Å². The first-order valence-electron chi connectivity index (χ1n) is 9.87. The smallest absolute Gasteiger partial charge is 0.280 e. The SMILES string of the molecule is CC(=NNc1cc(C)nc2cc3c(cc12)OCO3)c1cn(C)n(-c2ccccc2)c1=O. The molecule has 8 heteroatoms. The number of ether oxygens (including phenoxy) is 2. The summed E-state index contributed by atoms with van der Waals surface area (Å²) in [5.74, 6) is 1.36. The van der Waals surface area contributed by atoms with Gasteiger partial charge in [-0.2, -0.15) is 5.10 Å². The first-order chi connectivity index (χ1) is 15.0. The molecule has 4 aromatic rings. The second-order valence-electron chi connectivity index (χ2n) is 7.41. The van der Waals surface area contributed by atoms with Crippen molar-refractivity contribution in [2.75, 3.05) is 12.2 Å². The average molecular weight is 415 g/mol. The average Bonchev–Trinajstić information content (AvgIpc) is 3.34. The number of hydrogen-bond acceptors (Lipinski definition) is 6. The number of nitrogens with one attached hydrogen (secondary N) is 1. The first-order valence-corrected chi connectivity index (χ1v) is 9.87. The number of benzene rings is 2. The van der Waals surface area contributed by atoms with Crippen molar-refractivity contribution < 1.29 is 9.47 Å². The first kappa shape index (κ1) is 18.9. The van der Waals surface area contributed by atoms with Crippen LogP contribution in [0.15, 0.2) is 64.6 Å². The summed E-state index contributed by atoms with van der Waals surface area (Å²) in [6, 6.07) is 15.2. The molecule has 0 spiro atoms. The Kier molecular flexibility index (Phi) is 4.47. The van der Waals surface area contributed by atoms with Crippen molar-refractivity contribution in [1.29, 1.82) is 0 Å². The van der Waals surface area contributed by atoms with Crippen molar-refractivity contribution in [3.8, 4) is 17.2 Å². The molecule has 2 aromatic carbocycles. The van der Waals surface area contributed by atoms with Gasteiger partial charge in [-0.1, -0.05) is 18.2 Å². The molecular weight excluding hydrogens is 394 g/mol. The fourth-order valence-corrected chi connectivity index (χ4v) is 3.72. The zero-order valence-electron chi connectivity index (χ0n) is 17.4. The molecule has 1 aliphatic heterocycles. The van der Waals surface area contributed by atoms with E-state index in [0.29, 0.717) is 22.8 Å². The fourth-order valence-electron chi connectivity index (χ4n) is 3.72. The number of pyridine rings is 1. The van der Waals surface area contributed by atoms with Gasteiger partial charge in [0.15, 0.2) is 11.5 Å². The maximum atomic E-state index is 13.0. The third-order valence-corrected chi connectivity index (χ3v) is 5.22. The molecule has 0 amide bonds. The summed E-state index contributed by atoms with van der Waals surface area (Å²) in [5.41, 5.74) is 7.28. The number of fused-ring (bicyclic) bond motifs is 2. The summed E-state index contributed by atoms with van der Waals surface area (Å²) in [6.45, 7) is 3.93. The molecule has 1 aliphatic rings. The van der Waals surface area contributed by atoms with Crippen LogP contribution < -0.4 is 20.5 Å². The molecule has 3 heterocycles. The van der Waals surface area contributed by atoms with Gasteiger partial charge in [-0.25, -0.2) is 4.68 Å². The molecule has 5 rings (SSSR count). The summed E-state index contributed by atoms with van der Waals surface area (Å²) >= 11 is 0. The Labute approximate surface area is 178 Å². The number of anilines is 1. The van der Waals surface area contributed by atoms with Gasteiger partial charge < -0.3 is 9.47 Å². The lowest BCUT2D eigenvalue weighted by molar-refractivity contribution is 0.174. The van der Waals surface area contributed by atoms with Crippen LogP contribution in [0.25, 0.3) is 16.6 Å². The van der Waals surface area contributed by atoms with Gasteiger partial charge in [0.05, 0.1) is 28.2 Å². The van der Waals surface area contributed by atoms with Crippen LogP contribution in [-0.4, -0.2) is 26.9 Å². The van der Waals surface area contributed by atoms with Crippen LogP contribution in [0.4, 0.5) is 5.69 Å². The van der Waals surface area contributed by atoms with E-state index in [9.17, 15) is 4.79 Å². The van der Waals surface area contributed by atoms with Crippen LogP contribution in [0.5, 0.6) is 11.5 Å². The number of nitrogens with zero attached hydrogens (tertiary/aromatic N) is 4. The summed E-state index contributed by atoms with van der Waals surface area (Å²) in [4.78, 5) is 17.6. The zero-order chi connectivity index (χ0) is 21.5. The van der Waals surface area contributed by atoms with Crippen LogP contribution in [-0.2, 0) is 7.05 Å². The minimum Gasteiger partial charge on any atom is -0.454 e. The quantitative estimate of drug-likeness (QED) is 0.407. The Morgan fingerprint density at radius 2 is 1.87 bits per heavy atom. The maximum Gasteiger partial charge on any atom is 0.280 e. The zero-order valence-corrected chi connectivity index (χ0v) is 17.4.